The number of aromatic amines is 1. The Hall–Kier alpha value is -2.46. The van der Waals surface area contributed by atoms with Crippen LogP contribution in [0.15, 0.2) is 11.1 Å². The van der Waals surface area contributed by atoms with Crippen molar-refractivity contribution in [2.24, 2.45) is 0 Å². The molecule has 0 amide bonds. The van der Waals surface area contributed by atoms with Crippen LogP contribution in [0, 0.1) is 0 Å². The van der Waals surface area contributed by atoms with Crippen LogP contribution in [0.2, 0.25) is 0 Å². The molecule has 22 heavy (non-hydrogen) atoms. The zero-order valence-electron chi connectivity index (χ0n) is 12.1. The third-order valence-corrected chi connectivity index (χ3v) is 3.08. The molecule has 2 rings (SSSR count). The molecule has 120 valence electrons. The first kappa shape index (κ1) is 15.9. The average Bonchev–Trinajstić information content (AvgIpc) is 2.90. The largest absolute Gasteiger partial charge is 0.463 e. The number of imidazole rings is 1. The maximum absolute atomic E-state index is 11.8. The summed E-state index contributed by atoms with van der Waals surface area (Å²) >= 11 is 0. The van der Waals surface area contributed by atoms with Crippen molar-refractivity contribution < 1.29 is 19.4 Å². The van der Waals surface area contributed by atoms with Gasteiger partial charge in [0.15, 0.2) is 17.5 Å². The van der Waals surface area contributed by atoms with E-state index in [9.17, 15) is 14.7 Å². The molecule has 2 unspecified atom stereocenters. The number of nitrogens with one attached hydrogen (secondary N) is 1. The maximum atomic E-state index is 11.8. The Labute approximate surface area is 124 Å². The number of rotatable bonds is 6. The topological polar surface area (TPSA) is 145 Å². The molecule has 10 nitrogen and oxygen atoms in total. The van der Waals surface area contributed by atoms with E-state index in [1.165, 1.54) is 18.0 Å². The number of carbonyl (C=O) groups is 1. The Morgan fingerprint density at radius 2 is 2.32 bits per heavy atom. The molecule has 0 fully saturated rings. The summed E-state index contributed by atoms with van der Waals surface area (Å²) in [5, 5.41) is 9.97. The third-order valence-electron chi connectivity index (χ3n) is 3.08. The lowest BCUT2D eigenvalue weighted by Gasteiger charge is -2.23. The lowest BCUT2D eigenvalue weighted by Crippen LogP contribution is -2.30. The Morgan fingerprint density at radius 3 is 2.95 bits per heavy atom. The summed E-state index contributed by atoms with van der Waals surface area (Å²) in [6, 6.07) is -0.820. The molecule has 0 aliphatic heterocycles. The van der Waals surface area contributed by atoms with Crippen molar-refractivity contribution in [3.05, 3.63) is 16.7 Å². The van der Waals surface area contributed by atoms with Gasteiger partial charge < -0.3 is 24.9 Å². The fraction of sp³-hybridized carbons (Fsp3) is 0.500. The molecule has 0 radical (unpaired) electrons. The van der Waals surface area contributed by atoms with Gasteiger partial charge in [0, 0.05) is 13.5 Å². The summed E-state index contributed by atoms with van der Waals surface area (Å²) in [7, 11) is 1.30. The van der Waals surface area contributed by atoms with E-state index in [1.807, 2.05) is 0 Å². The van der Waals surface area contributed by atoms with Crippen LogP contribution in [-0.4, -0.2) is 50.6 Å². The molecule has 2 atom stereocenters. The van der Waals surface area contributed by atoms with Gasteiger partial charge in [-0.05, 0) is 0 Å². The number of aromatic nitrogens is 4. The summed E-state index contributed by atoms with van der Waals surface area (Å²) in [6.45, 7) is 1.49. The number of nitrogens with zero attached hydrogens (tertiary/aromatic N) is 3. The van der Waals surface area contributed by atoms with Crippen molar-refractivity contribution in [1.82, 2.24) is 19.5 Å². The summed E-state index contributed by atoms with van der Waals surface area (Å²) in [5.74, 6) is -0.515. The number of anilines is 1. The molecular formula is C12H17N5O5. The van der Waals surface area contributed by atoms with E-state index in [2.05, 4.69) is 15.0 Å². The maximum Gasteiger partial charge on any atom is 0.305 e. The third kappa shape index (κ3) is 3.07. The molecule has 10 heteroatoms. The fourth-order valence-corrected chi connectivity index (χ4v) is 1.92. The van der Waals surface area contributed by atoms with Crippen molar-refractivity contribution in [3.63, 3.8) is 0 Å². The molecule has 0 spiro atoms. The lowest BCUT2D eigenvalue weighted by molar-refractivity contribution is -0.153. The molecule has 4 N–H and O–H groups in total. The van der Waals surface area contributed by atoms with Gasteiger partial charge in [-0.2, -0.15) is 4.98 Å². The highest BCUT2D eigenvalue weighted by molar-refractivity contribution is 5.71. The molecule has 0 saturated carbocycles. The molecule has 2 aromatic heterocycles. The monoisotopic (exact) mass is 311 g/mol. The smallest absolute Gasteiger partial charge is 0.305 e. The lowest BCUT2D eigenvalue weighted by atomic mass is 10.3. The number of nitrogen functional groups attached to an aromatic ring is 1. The second kappa shape index (κ2) is 6.54. The highest BCUT2D eigenvalue weighted by atomic mass is 16.6. The van der Waals surface area contributed by atoms with Crippen LogP contribution in [0.3, 0.4) is 0 Å². The summed E-state index contributed by atoms with van der Waals surface area (Å²) in [5.41, 5.74) is 5.24. The van der Waals surface area contributed by atoms with Gasteiger partial charge in [-0.15, -0.1) is 0 Å². The Kier molecular flexibility index (Phi) is 4.73. The van der Waals surface area contributed by atoms with E-state index in [0.717, 1.165) is 0 Å². The minimum Gasteiger partial charge on any atom is -0.463 e. The minimum absolute atomic E-state index is 0.0596. The van der Waals surface area contributed by atoms with Crippen molar-refractivity contribution in [2.45, 2.75) is 25.7 Å². The normalized spacial score (nSPS) is 14.0. The van der Waals surface area contributed by atoms with E-state index in [-0.39, 0.29) is 30.1 Å². The van der Waals surface area contributed by atoms with Crippen molar-refractivity contribution in [3.8, 4) is 0 Å². The average molecular weight is 311 g/mol. The molecule has 0 saturated heterocycles. The number of ether oxygens (including phenoxy) is 2. The quantitative estimate of drug-likeness (QED) is 0.462. The van der Waals surface area contributed by atoms with E-state index >= 15 is 0 Å². The predicted octanol–water partition coefficient (Wildman–Crippen LogP) is -0.839. The first-order valence-corrected chi connectivity index (χ1v) is 6.56. The number of nitrogens with two attached hydrogens (primary N) is 1. The van der Waals surface area contributed by atoms with Crippen LogP contribution in [0.1, 0.15) is 19.4 Å². The fourth-order valence-electron chi connectivity index (χ4n) is 1.92. The van der Waals surface area contributed by atoms with Crippen molar-refractivity contribution >= 4 is 23.1 Å². The second-order valence-electron chi connectivity index (χ2n) is 4.51. The number of hydrogen-bond donors (Lipinski definition) is 3. The van der Waals surface area contributed by atoms with E-state index in [0.29, 0.717) is 0 Å². The van der Waals surface area contributed by atoms with Gasteiger partial charge in [-0.3, -0.25) is 14.6 Å². The van der Waals surface area contributed by atoms with Crippen molar-refractivity contribution in [2.75, 3.05) is 19.5 Å². The number of esters is 1. The van der Waals surface area contributed by atoms with Crippen LogP contribution in [0.25, 0.3) is 11.2 Å². The molecule has 2 heterocycles. The van der Waals surface area contributed by atoms with Crippen LogP contribution in [0.5, 0.6) is 0 Å². The van der Waals surface area contributed by atoms with Gasteiger partial charge in [0.1, 0.15) is 12.6 Å². The molecule has 0 bridgehead atoms. The number of fused-ring (bicyclic) bond motifs is 1. The van der Waals surface area contributed by atoms with E-state index in [1.54, 1.807) is 6.92 Å². The summed E-state index contributed by atoms with van der Waals surface area (Å²) in [4.78, 5) is 33.3. The Morgan fingerprint density at radius 1 is 1.59 bits per heavy atom. The van der Waals surface area contributed by atoms with Gasteiger partial charge in [0.25, 0.3) is 5.56 Å². The van der Waals surface area contributed by atoms with Gasteiger partial charge >= 0.3 is 5.97 Å². The standard InChI is InChI=1S/C12H17N5O5/c1-3-7(18)22-4-6(11(20)21-2)17-5-14-8-9(17)15-12(13)16-10(8)19/h5-6,11,20H,3-4H2,1-2H3,(H3,13,15,16,19). The summed E-state index contributed by atoms with van der Waals surface area (Å²) in [6.07, 6.45) is 0.217. The zero-order valence-corrected chi connectivity index (χ0v) is 12.1. The number of hydrogen-bond acceptors (Lipinski definition) is 8. The van der Waals surface area contributed by atoms with Crippen LogP contribution >= 0.6 is 0 Å². The predicted molar refractivity (Wildman–Crippen MR) is 75.9 cm³/mol. The van der Waals surface area contributed by atoms with E-state index < -0.39 is 23.9 Å². The SMILES string of the molecule is CCC(=O)OCC(C(O)OC)n1cnc2c(=O)[nH]c(N)nc21. The molecule has 0 aliphatic rings. The summed E-state index contributed by atoms with van der Waals surface area (Å²) < 4.78 is 11.3. The number of methoxy groups -OCH3 is 1. The first-order chi connectivity index (χ1) is 10.5. The number of aliphatic hydroxyl groups is 1. The second-order valence-corrected chi connectivity index (χ2v) is 4.51. The zero-order chi connectivity index (χ0) is 16.3. The van der Waals surface area contributed by atoms with Crippen LogP contribution in [-0.2, 0) is 14.3 Å². The van der Waals surface area contributed by atoms with Gasteiger partial charge in [-0.25, -0.2) is 4.98 Å². The minimum atomic E-state index is -1.29. The molecule has 2 aromatic rings. The molecule has 0 aliphatic carbocycles. The molecule has 0 aromatic carbocycles. The number of H-pyrrole nitrogens is 1. The number of carbonyl (C=O) groups excluding carboxylic acids is 1. The Balaban J connectivity index is 2.43. The van der Waals surface area contributed by atoms with Gasteiger partial charge in [0.05, 0.1) is 6.33 Å². The molecular weight excluding hydrogens is 294 g/mol. The van der Waals surface area contributed by atoms with Crippen LogP contribution < -0.4 is 11.3 Å². The highest BCUT2D eigenvalue weighted by Gasteiger charge is 2.25. The number of aliphatic hydroxyl groups excluding tert-OH is 1. The van der Waals surface area contributed by atoms with Crippen molar-refractivity contribution in [1.29, 1.82) is 0 Å². The highest BCUT2D eigenvalue weighted by Crippen LogP contribution is 2.19. The van der Waals surface area contributed by atoms with Gasteiger partial charge in [0.2, 0.25) is 5.95 Å². The van der Waals surface area contributed by atoms with Gasteiger partial charge in [-0.1, -0.05) is 6.92 Å². The first-order valence-electron chi connectivity index (χ1n) is 6.56. The Bertz CT molecular complexity index is 724. The van der Waals surface area contributed by atoms with E-state index in [4.69, 9.17) is 15.2 Å². The van der Waals surface area contributed by atoms with Crippen LogP contribution in [0.4, 0.5) is 5.95 Å².